The summed E-state index contributed by atoms with van der Waals surface area (Å²) in [6.45, 7) is 5.93. The largest absolute Gasteiger partial charge is 0.313 e. The van der Waals surface area contributed by atoms with Gasteiger partial charge in [-0.2, -0.15) is 0 Å². The zero-order chi connectivity index (χ0) is 10.7. The summed E-state index contributed by atoms with van der Waals surface area (Å²) < 4.78 is 0. The molecular formula is C14H27N. The molecule has 0 bridgehead atoms. The van der Waals surface area contributed by atoms with Crippen molar-refractivity contribution in [2.45, 2.75) is 71.3 Å². The SMILES string of the molecule is CCCC(CCC)NCC1(C2CC2)CC1. The maximum Gasteiger partial charge on any atom is 0.00670 e. The van der Waals surface area contributed by atoms with Crippen LogP contribution in [0, 0.1) is 11.3 Å². The van der Waals surface area contributed by atoms with Crippen molar-refractivity contribution >= 4 is 0 Å². The van der Waals surface area contributed by atoms with Gasteiger partial charge in [0.05, 0.1) is 0 Å². The minimum Gasteiger partial charge on any atom is -0.313 e. The van der Waals surface area contributed by atoms with Gasteiger partial charge in [-0.25, -0.2) is 0 Å². The van der Waals surface area contributed by atoms with Gasteiger partial charge in [0.25, 0.3) is 0 Å². The quantitative estimate of drug-likeness (QED) is 0.642. The molecule has 2 fully saturated rings. The molecule has 0 aromatic rings. The van der Waals surface area contributed by atoms with Crippen LogP contribution in [0.4, 0.5) is 0 Å². The van der Waals surface area contributed by atoms with E-state index in [0.29, 0.717) is 0 Å². The molecule has 1 N–H and O–H groups in total. The molecule has 0 aromatic carbocycles. The van der Waals surface area contributed by atoms with Gasteiger partial charge in [-0.3, -0.25) is 0 Å². The summed E-state index contributed by atoms with van der Waals surface area (Å²) in [5.41, 5.74) is 0.778. The van der Waals surface area contributed by atoms with Gasteiger partial charge in [-0.1, -0.05) is 26.7 Å². The summed E-state index contributed by atoms with van der Waals surface area (Å²) in [6, 6.07) is 0.802. The first kappa shape index (κ1) is 11.4. The monoisotopic (exact) mass is 209 g/mol. The highest BCUT2D eigenvalue weighted by atomic mass is 14.9. The lowest BCUT2D eigenvalue weighted by Crippen LogP contribution is -2.34. The molecule has 88 valence electrons. The average molecular weight is 209 g/mol. The van der Waals surface area contributed by atoms with Crippen LogP contribution in [-0.4, -0.2) is 12.6 Å². The van der Waals surface area contributed by atoms with E-state index in [1.807, 2.05) is 0 Å². The standard InChI is InChI=1S/C14H27N/c1-3-5-13(6-4-2)15-11-14(9-10-14)12-7-8-12/h12-13,15H,3-11H2,1-2H3. The van der Waals surface area contributed by atoms with Gasteiger partial charge in [-0.05, 0) is 49.9 Å². The molecule has 1 heteroatoms. The molecule has 0 aliphatic heterocycles. The van der Waals surface area contributed by atoms with E-state index >= 15 is 0 Å². The van der Waals surface area contributed by atoms with Gasteiger partial charge < -0.3 is 5.32 Å². The summed E-state index contributed by atoms with van der Waals surface area (Å²) in [5.74, 6) is 1.11. The van der Waals surface area contributed by atoms with E-state index in [-0.39, 0.29) is 0 Å². The second kappa shape index (κ2) is 4.86. The fourth-order valence-electron chi connectivity index (χ4n) is 2.98. The molecule has 0 radical (unpaired) electrons. The van der Waals surface area contributed by atoms with Crippen molar-refractivity contribution in [3.63, 3.8) is 0 Å². The summed E-state index contributed by atoms with van der Waals surface area (Å²) in [4.78, 5) is 0. The van der Waals surface area contributed by atoms with Crippen LogP contribution in [0.2, 0.25) is 0 Å². The Labute approximate surface area is 95.0 Å². The van der Waals surface area contributed by atoms with Crippen LogP contribution in [0.25, 0.3) is 0 Å². The zero-order valence-electron chi connectivity index (χ0n) is 10.5. The molecule has 2 aliphatic carbocycles. The maximum absolute atomic E-state index is 3.85. The number of hydrogen-bond acceptors (Lipinski definition) is 1. The predicted octanol–water partition coefficient (Wildman–Crippen LogP) is 3.74. The highest BCUT2D eigenvalue weighted by Crippen LogP contribution is 2.60. The zero-order valence-corrected chi connectivity index (χ0v) is 10.5. The smallest absolute Gasteiger partial charge is 0.00670 e. The maximum atomic E-state index is 3.85. The lowest BCUT2D eigenvalue weighted by Gasteiger charge is -2.22. The second-order valence-corrected chi connectivity index (χ2v) is 5.79. The van der Waals surface area contributed by atoms with Crippen molar-refractivity contribution in [3.05, 3.63) is 0 Å². The normalized spacial score (nSPS) is 23.4. The van der Waals surface area contributed by atoms with Crippen molar-refractivity contribution in [1.29, 1.82) is 0 Å². The van der Waals surface area contributed by atoms with E-state index in [9.17, 15) is 0 Å². The molecule has 2 rings (SSSR count). The van der Waals surface area contributed by atoms with Crippen LogP contribution in [0.15, 0.2) is 0 Å². The molecule has 2 saturated carbocycles. The van der Waals surface area contributed by atoms with E-state index in [1.165, 1.54) is 57.9 Å². The molecule has 0 heterocycles. The average Bonchev–Trinajstić information content (AvgIpc) is 3.06. The Morgan fingerprint density at radius 2 is 1.73 bits per heavy atom. The van der Waals surface area contributed by atoms with Crippen molar-refractivity contribution in [2.75, 3.05) is 6.54 Å². The Hall–Kier alpha value is -0.0400. The fraction of sp³-hybridized carbons (Fsp3) is 1.00. The lowest BCUT2D eigenvalue weighted by molar-refractivity contribution is 0.350. The number of nitrogens with one attached hydrogen (secondary N) is 1. The molecule has 0 aromatic heterocycles. The molecule has 0 spiro atoms. The summed E-state index contributed by atoms with van der Waals surface area (Å²) >= 11 is 0. The topological polar surface area (TPSA) is 12.0 Å². The van der Waals surface area contributed by atoms with Crippen molar-refractivity contribution < 1.29 is 0 Å². The van der Waals surface area contributed by atoms with Gasteiger partial charge in [0.2, 0.25) is 0 Å². The Morgan fingerprint density at radius 1 is 1.13 bits per heavy atom. The van der Waals surface area contributed by atoms with Gasteiger partial charge in [0.1, 0.15) is 0 Å². The van der Waals surface area contributed by atoms with Crippen LogP contribution < -0.4 is 5.32 Å². The molecule has 0 atom stereocenters. The fourth-order valence-corrected chi connectivity index (χ4v) is 2.98. The number of rotatable bonds is 8. The highest BCUT2D eigenvalue weighted by molar-refractivity contribution is 5.05. The predicted molar refractivity (Wildman–Crippen MR) is 66.0 cm³/mol. The van der Waals surface area contributed by atoms with Gasteiger partial charge in [0, 0.05) is 12.6 Å². The van der Waals surface area contributed by atoms with E-state index in [1.54, 1.807) is 0 Å². The van der Waals surface area contributed by atoms with E-state index in [2.05, 4.69) is 19.2 Å². The summed E-state index contributed by atoms with van der Waals surface area (Å²) in [7, 11) is 0. The van der Waals surface area contributed by atoms with Crippen LogP contribution in [0.5, 0.6) is 0 Å². The summed E-state index contributed by atoms with van der Waals surface area (Å²) in [6.07, 6.45) is 11.5. The molecule has 0 unspecified atom stereocenters. The van der Waals surface area contributed by atoms with Crippen LogP contribution in [0.1, 0.15) is 65.2 Å². The third-order valence-corrected chi connectivity index (χ3v) is 4.35. The lowest BCUT2D eigenvalue weighted by atomic mass is 9.99. The first-order chi connectivity index (χ1) is 7.30. The Balaban J connectivity index is 1.69. The molecule has 0 amide bonds. The first-order valence-corrected chi connectivity index (χ1v) is 7.04. The van der Waals surface area contributed by atoms with Crippen molar-refractivity contribution in [1.82, 2.24) is 5.32 Å². The van der Waals surface area contributed by atoms with Crippen LogP contribution in [-0.2, 0) is 0 Å². The first-order valence-electron chi connectivity index (χ1n) is 7.04. The minimum atomic E-state index is 0.778. The van der Waals surface area contributed by atoms with Crippen LogP contribution in [0.3, 0.4) is 0 Å². The third-order valence-electron chi connectivity index (χ3n) is 4.35. The highest BCUT2D eigenvalue weighted by Gasteiger charge is 2.53. The van der Waals surface area contributed by atoms with Crippen molar-refractivity contribution in [3.8, 4) is 0 Å². The molecule has 1 nitrogen and oxygen atoms in total. The van der Waals surface area contributed by atoms with E-state index < -0.39 is 0 Å². The Morgan fingerprint density at radius 3 is 2.13 bits per heavy atom. The van der Waals surface area contributed by atoms with E-state index in [0.717, 1.165) is 17.4 Å². The van der Waals surface area contributed by atoms with Gasteiger partial charge in [0.15, 0.2) is 0 Å². The third kappa shape index (κ3) is 2.96. The molecule has 2 aliphatic rings. The van der Waals surface area contributed by atoms with Gasteiger partial charge >= 0.3 is 0 Å². The molecule has 0 saturated heterocycles. The van der Waals surface area contributed by atoms with Crippen LogP contribution >= 0.6 is 0 Å². The van der Waals surface area contributed by atoms with E-state index in [4.69, 9.17) is 0 Å². The Bertz CT molecular complexity index is 186. The minimum absolute atomic E-state index is 0.778. The second-order valence-electron chi connectivity index (χ2n) is 5.79. The number of hydrogen-bond donors (Lipinski definition) is 1. The van der Waals surface area contributed by atoms with Crippen molar-refractivity contribution in [2.24, 2.45) is 11.3 Å². The summed E-state index contributed by atoms with van der Waals surface area (Å²) in [5, 5.41) is 3.85. The van der Waals surface area contributed by atoms with Gasteiger partial charge in [-0.15, -0.1) is 0 Å². The molecule has 15 heavy (non-hydrogen) atoms. The Kier molecular flexibility index (Phi) is 3.71. The molecular weight excluding hydrogens is 182 g/mol.